The van der Waals surface area contributed by atoms with Crippen LogP contribution in [0.4, 0.5) is 0 Å². The van der Waals surface area contributed by atoms with Crippen LogP contribution in [0.3, 0.4) is 0 Å². The Morgan fingerprint density at radius 1 is 1.00 bits per heavy atom. The monoisotopic (exact) mass is 727 g/mol. The van der Waals surface area contributed by atoms with E-state index in [-0.39, 0.29) is 61.2 Å². The second-order valence-electron chi connectivity index (χ2n) is 0.0540. The van der Waals surface area contributed by atoms with Crippen molar-refractivity contribution >= 4 is 37.2 Å². The van der Waals surface area contributed by atoms with Crippen molar-refractivity contribution in [3.05, 3.63) is 21.3 Å². The summed E-state index contributed by atoms with van der Waals surface area (Å²) in [7, 11) is 0. The first kappa shape index (κ1) is 37.0. The van der Waals surface area contributed by atoms with Crippen molar-refractivity contribution in [3.63, 3.8) is 0 Å². The van der Waals surface area contributed by atoms with Crippen molar-refractivity contribution in [1.29, 1.82) is 0 Å². The summed E-state index contributed by atoms with van der Waals surface area (Å²) in [5.74, 6) is 0. The predicted molar refractivity (Wildman–Crippen MR) is 56.5 cm³/mol. The summed E-state index contributed by atoms with van der Waals surface area (Å²) in [5, 5.41) is 0. The average Bonchev–Trinajstić information content (AvgIpc) is 1.78. The van der Waals surface area contributed by atoms with Crippen molar-refractivity contribution in [3.8, 4) is 0 Å². The van der Waals surface area contributed by atoms with Crippen LogP contribution in [0.2, 0.25) is 0 Å². The second-order valence-corrected chi connectivity index (χ2v) is 16.3. The molecule has 0 rings (SSSR count). The van der Waals surface area contributed by atoms with Crippen LogP contribution < -0.4 is 13.3 Å². The minimum atomic E-state index is 0. The van der Waals surface area contributed by atoms with Crippen molar-refractivity contribution in [2.24, 2.45) is 0 Å². The Labute approximate surface area is 136 Å². The molecule has 0 aliphatic carbocycles. The maximum atomic E-state index is 3.25. The summed E-state index contributed by atoms with van der Waals surface area (Å²) in [4.78, 5) is 0. The van der Waals surface area contributed by atoms with Crippen LogP contribution in [-0.4, -0.2) is 0 Å². The van der Waals surface area contributed by atoms with E-state index in [1.807, 2.05) is 0 Å². The Morgan fingerprint density at radius 3 is 1.00 bits per heavy atom. The number of rotatable bonds is 0. The van der Waals surface area contributed by atoms with Crippen molar-refractivity contribution in [1.82, 2.24) is 0 Å². The van der Waals surface area contributed by atoms with Gasteiger partial charge in [-0.15, -0.1) is 0 Å². The molecule has 0 amide bonds. The van der Waals surface area contributed by atoms with Crippen LogP contribution in [0.15, 0.2) is 0 Å². The number of hydrogen-bond donors (Lipinski definition) is 0. The fourth-order valence-corrected chi connectivity index (χ4v) is 0. The molecule has 0 unspecified atom stereocenters. The number of hydrogen-bond acceptors (Lipinski definition) is 0. The first-order chi connectivity index (χ1) is 3.41. The SMILES string of the molecule is I[I-]I.[CH2-]C.[CH2-]C.[CH3-].[W].[Y]. The molecule has 0 aromatic rings. The molecule has 0 spiro atoms. The van der Waals surface area contributed by atoms with Gasteiger partial charge in [0.05, 0.1) is 0 Å². The van der Waals surface area contributed by atoms with Gasteiger partial charge in [-0.2, -0.15) is 13.8 Å². The molecule has 0 saturated carbocycles. The van der Waals surface area contributed by atoms with E-state index in [1.165, 1.54) is 0 Å². The summed E-state index contributed by atoms with van der Waals surface area (Å²) in [6.07, 6.45) is 0. The van der Waals surface area contributed by atoms with E-state index in [4.69, 9.17) is 0 Å². The third kappa shape index (κ3) is 91.1. The maximum absolute atomic E-state index is 3.25. The van der Waals surface area contributed by atoms with Gasteiger partial charge in [0.1, 0.15) is 0 Å². The zero-order valence-electron chi connectivity index (χ0n) is 6.53. The standard InChI is InChI=1S/2C2H5.CH3.I3.W.Y/c2*1-2;;1-3-2;;/h2*1H2,2H3;1H3;;;/q4*-1;;. The largest absolute Gasteiger partial charge is 0.358 e. The van der Waals surface area contributed by atoms with Gasteiger partial charge in [-0.3, -0.25) is 0 Å². The molecule has 0 saturated heterocycles. The molecule has 0 heterocycles. The molecule has 10 heavy (non-hydrogen) atoms. The van der Waals surface area contributed by atoms with Crippen molar-refractivity contribution in [2.75, 3.05) is 0 Å². The van der Waals surface area contributed by atoms with Gasteiger partial charge in [0, 0.05) is 53.8 Å². The summed E-state index contributed by atoms with van der Waals surface area (Å²) in [5.41, 5.74) is 0. The zero-order valence-corrected chi connectivity index (χ0v) is 18.8. The van der Waals surface area contributed by atoms with E-state index in [9.17, 15) is 0 Å². The van der Waals surface area contributed by atoms with E-state index in [1.54, 1.807) is 13.8 Å². The van der Waals surface area contributed by atoms with Gasteiger partial charge in [-0.1, -0.05) is 0 Å². The molecule has 0 aliphatic rings. The predicted octanol–water partition coefficient (Wildman–Crippen LogP) is 0.901. The first-order valence-electron chi connectivity index (χ1n) is 1.70. The van der Waals surface area contributed by atoms with Gasteiger partial charge in [0.2, 0.25) is 0 Å². The Bertz CT molecular complexity index is 16.9. The van der Waals surface area contributed by atoms with Crippen molar-refractivity contribution < 1.29 is 67.0 Å². The van der Waals surface area contributed by atoms with E-state index in [0.717, 1.165) is 0 Å². The smallest absolute Gasteiger partial charge is 0 e. The molecule has 67 valence electrons. The Kier molecular flexibility index (Phi) is 278. The van der Waals surface area contributed by atoms with Gasteiger partial charge in [-0.25, -0.2) is 0 Å². The van der Waals surface area contributed by atoms with Crippen LogP contribution in [0.5, 0.6) is 0 Å². The molecule has 1 radical (unpaired) electrons. The normalized spacial score (nSPS) is 3.40. The molecule has 0 bridgehead atoms. The Balaban J connectivity index is -0.00000000536. The van der Waals surface area contributed by atoms with Gasteiger partial charge in [0.15, 0.2) is 0 Å². The minimum absolute atomic E-state index is 0. The zero-order chi connectivity index (χ0) is 6.71. The van der Waals surface area contributed by atoms with Crippen molar-refractivity contribution in [2.45, 2.75) is 13.8 Å². The second kappa shape index (κ2) is 75.1. The molecule has 0 aromatic carbocycles. The quantitative estimate of drug-likeness (QED) is 0.258. The van der Waals surface area contributed by atoms with Crippen LogP contribution >= 0.6 is 37.2 Å². The summed E-state index contributed by atoms with van der Waals surface area (Å²) in [6, 6.07) is 0. The summed E-state index contributed by atoms with van der Waals surface area (Å²) in [6.45, 7) is 10.0. The fourth-order valence-electron chi connectivity index (χ4n) is 0. The van der Waals surface area contributed by atoms with Gasteiger partial charge < -0.3 is 21.3 Å². The van der Waals surface area contributed by atoms with Crippen LogP contribution in [0.1, 0.15) is 13.8 Å². The molecular weight excluding hydrogens is 714 g/mol. The van der Waals surface area contributed by atoms with Gasteiger partial charge in [0.25, 0.3) is 0 Å². The minimum Gasteiger partial charge on any atom is -0.358 e. The Hall–Kier alpha value is 3.98. The average molecular weight is 727 g/mol. The molecule has 0 aliphatic heterocycles. The molecule has 0 atom stereocenters. The molecular formula is C5H13I3WY-4. The maximum Gasteiger partial charge on any atom is 0 e. The fraction of sp³-hybridized carbons (Fsp3) is 0.400. The Morgan fingerprint density at radius 2 is 1.00 bits per heavy atom. The summed E-state index contributed by atoms with van der Waals surface area (Å²) >= 11 is 5.30. The molecule has 0 fully saturated rings. The van der Waals surface area contributed by atoms with E-state index in [2.05, 4.69) is 51.1 Å². The van der Waals surface area contributed by atoms with Crippen LogP contribution in [-0.2, 0) is 53.8 Å². The van der Waals surface area contributed by atoms with E-state index < -0.39 is 0 Å². The first-order valence-corrected chi connectivity index (χ1v) is 14.3. The molecule has 0 N–H and O–H groups in total. The molecule has 0 aromatic heterocycles. The molecule has 0 nitrogen and oxygen atoms in total. The van der Waals surface area contributed by atoms with Crippen LogP contribution in [0.25, 0.3) is 0 Å². The molecule has 5 heteroatoms. The van der Waals surface area contributed by atoms with Gasteiger partial charge in [-0.05, 0) is 0 Å². The third-order valence-electron chi connectivity index (χ3n) is 0. The van der Waals surface area contributed by atoms with Gasteiger partial charge >= 0.3 is 50.5 Å². The van der Waals surface area contributed by atoms with E-state index >= 15 is 0 Å². The van der Waals surface area contributed by atoms with Crippen LogP contribution in [0, 0.1) is 21.3 Å². The third-order valence-corrected chi connectivity index (χ3v) is 0. The number of halogens is 3. The summed E-state index contributed by atoms with van der Waals surface area (Å²) < 4.78 is 0. The topological polar surface area (TPSA) is 0 Å². The van der Waals surface area contributed by atoms with E-state index in [0.29, 0.717) is 13.3 Å².